The molecular formula is C36H6F8N8O2. The van der Waals surface area contributed by atoms with E-state index in [4.69, 9.17) is 0 Å². The van der Waals surface area contributed by atoms with Crippen molar-refractivity contribution in [3.63, 3.8) is 0 Å². The van der Waals surface area contributed by atoms with Crippen LogP contribution in [0.2, 0.25) is 0 Å². The molecule has 0 N–H and O–H groups in total. The van der Waals surface area contributed by atoms with E-state index >= 15 is 8.78 Å². The fourth-order valence-electron chi connectivity index (χ4n) is 5.91. The monoisotopic (exact) mass is 734 g/mol. The van der Waals surface area contributed by atoms with Gasteiger partial charge in [-0.15, -0.1) is 26.3 Å². The maximum Gasteiger partial charge on any atom is 0.573 e. The van der Waals surface area contributed by atoms with E-state index in [0.29, 0.717) is 12.1 Å². The van der Waals surface area contributed by atoms with E-state index in [9.17, 15) is 68.4 Å². The number of benzene rings is 3. The van der Waals surface area contributed by atoms with E-state index in [1.54, 1.807) is 12.1 Å². The molecule has 0 aliphatic heterocycles. The molecule has 0 fully saturated rings. The van der Waals surface area contributed by atoms with Gasteiger partial charge in [0.05, 0.1) is 22.3 Å². The lowest BCUT2D eigenvalue weighted by Gasteiger charge is -2.16. The minimum absolute atomic E-state index is 0.519. The quantitative estimate of drug-likeness (QED) is 0.186. The van der Waals surface area contributed by atoms with Crippen LogP contribution >= 0.6 is 0 Å². The van der Waals surface area contributed by atoms with Gasteiger partial charge in [-0.1, -0.05) is 12.1 Å². The van der Waals surface area contributed by atoms with Gasteiger partial charge < -0.3 is 9.47 Å². The molecule has 0 amide bonds. The highest BCUT2D eigenvalue weighted by Gasteiger charge is 2.45. The predicted octanol–water partition coefficient (Wildman–Crippen LogP) is 8.00. The number of nitrogens with zero attached hydrogens (tertiary/aromatic N) is 8. The Bertz CT molecular complexity index is 2530. The first kappa shape index (κ1) is 36.9. The van der Waals surface area contributed by atoms with Crippen molar-refractivity contribution >= 4 is 33.4 Å². The second-order valence-electron chi connectivity index (χ2n) is 10.5. The minimum atomic E-state index is -5.37. The van der Waals surface area contributed by atoms with Crippen molar-refractivity contribution in [3.05, 3.63) is 104 Å². The number of alkyl halides is 6. The normalized spacial score (nSPS) is 12.8. The number of ether oxygens (including phenoxy) is 2. The van der Waals surface area contributed by atoms with Crippen molar-refractivity contribution in [1.82, 2.24) is 0 Å². The molecule has 0 saturated carbocycles. The van der Waals surface area contributed by atoms with Crippen molar-refractivity contribution in [2.24, 2.45) is 0 Å². The standard InChI is InChI=1S/C36H6F8N8O2/c37-33-29-21(13-51)25(15-1-3-17(7-45)23(5-15)53-35(39,40)41)27(19(9-47)10-48)31(29)34(38)32-28(20(11-49)12-50)26(22(14-52)30(32)33)16-2-4-18(8-46)24(6-16)54-36(42,43)44/h1-6H. The number of hydrogen-bond acceptors (Lipinski definition) is 10. The predicted molar refractivity (Wildman–Crippen MR) is 163 cm³/mol. The molecular weight excluding hydrogens is 728 g/mol. The van der Waals surface area contributed by atoms with Crippen LogP contribution in [0.5, 0.6) is 11.5 Å². The Kier molecular flexibility index (Phi) is 9.12. The molecule has 0 saturated heterocycles. The highest BCUT2D eigenvalue weighted by Crippen LogP contribution is 2.57. The number of rotatable bonds is 4. The lowest BCUT2D eigenvalue weighted by Crippen LogP contribution is -2.18. The summed E-state index contributed by atoms with van der Waals surface area (Å²) in [6.45, 7) is 0. The Labute approximate surface area is 296 Å². The van der Waals surface area contributed by atoms with Crippen LogP contribution in [0.1, 0.15) is 44.5 Å². The molecule has 0 atom stereocenters. The SMILES string of the molecule is N#CC(C#N)=C1C(c2ccc(C#N)c(OC(F)(F)F)c2)=C(C#N)c2c(F)c3c(c(F)c21)C(=C(C#N)C#N)C(c1ccc(C#N)c(OC(F)(F)F)c1)=C3C#N. The van der Waals surface area contributed by atoms with Crippen LogP contribution in [-0.2, 0) is 0 Å². The lowest BCUT2D eigenvalue weighted by atomic mass is 9.88. The maximum atomic E-state index is 17.3. The Morgan fingerprint density at radius 1 is 0.481 bits per heavy atom. The van der Waals surface area contributed by atoms with Gasteiger partial charge in [0, 0.05) is 44.5 Å². The fraction of sp³-hybridized carbons (Fsp3) is 0.0556. The summed E-state index contributed by atoms with van der Waals surface area (Å²) in [6.07, 6.45) is -10.7. The number of fused-ring (bicyclic) bond motifs is 2. The van der Waals surface area contributed by atoms with E-state index < -0.39 is 125 Å². The Morgan fingerprint density at radius 3 is 1.09 bits per heavy atom. The Balaban J connectivity index is 1.98. The number of hydrogen-bond donors (Lipinski definition) is 0. The summed E-state index contributed by atoms with van der Waals surface area (Å²) in [6, 6.07) is 16.2. The van der Waals surface area contributed by atoms with E-state index in [0.717, 1.165) is 24.3 Å². The van der Waals surface area contributed by atoms with Gasteiger partial charge in [-0.3, -0.25) is 0 Å². The average molecular weight is 734 g/mol. The van der Waals surface area contributed by atoms with Crippen molar-refractivity contribution in [2.75, 3.05) is 0 Å². The van der Waals surface area contributed by atoms with E-state index in [1.165, 1.54) is 36.4 Å². The van der Waals surface area contributed by atoms with Crippen molar-refractivity contribution in [1.29, 1.82) is 42.1 Å². The zero-order chi connectivity index (χ0) is 39.9. The maximum absolute atomic E-state index is 17.3. The summed E-state index contributed by atoms with van der Waals surface area (Å²) < 4.78 is 122. The number of nitriles is 8. The Hall–Kier alpha value is -8.42. The van der Waals surface area contributed by atoms with E-state index in [-0.39, 0.29) is 0 Å². The lowest BCUT2D eigenvalue weighted by molar-refractivity contribution is -0.275. The summed E-state index contributed by atoms with van der Waals surface area (Å²) in [7, 11) is 0. The van der Waals surface area contributed by atoms with Crippen LogP contribution < -0.4 is 9.47 Å². The molecule has 0 heterocycles. The van der Waals surface area contributed by atoms with Crippen molar-refractivity contribution < 1.29 is 44.6 Å². The molecule has 18 heteroatoms. The van der Waals surface area contributed by atoms with Gasteiger partial charge in [0.15, 0.2) is 0 Å². The molecule has 0 aromatic heterocycles. The third-order valence-corrected chi connectivity index (χ3v) is 7.78. The molecule has 54 heavy (non-hydrogen) atoms. The van der Waals surface area contributed by atoms with Crippen molar-refractivity contribution in [2.45, 2.75) is 12.7 Å². The third kappa shape index (κ3) is 5.91. The third-order valence-electron chi connectivity index (χ3n) is 7.78. The number of halogens is 8. The molecule has 0 bridgehead atoms. The molecule has 258 valence electrons. The molecule has 2 aliphatic carbocycles. The fourth-order valence-corrected chi connectivity index (χ4v) is 5.91. The van der Waals surface area contributed by atoms with Gasteiger partial charge in [-0.25, -0.2) is 8.78 Å². The highest BCUT2D eigenvalue weighted by atomic mass is 19.4. The zero-order valence-electron chi connectivity index (χ0n) is 25.9. The minimum Gasteiger partial charge on any atom is -0.404 e. The molecule has 0 unspecified atom stereocenters. The van der Waals surface area contributed by atoms with Crippen LogP contribution in [0.3, 0.4) is 0 Å². The first-order valence-corrected chi connectivity index (χ1v) is 14.1. The second kappa shape index (κ2) is 13.4. The molecule has 10 nitrogen and oxygen atoms in total. The molecule has 5 rings (SSSR count). The summed E-state index contributed by atoms with van der Waals surface area (Å²) in [5, 5.41) is 78.8. The zero-order valence-corrected chi connectivity index (χ0v) is 25.9. The second-order valence-corrected chi connectivity index (χ2v) is 10.5. The molecule has 3 aromatic carbocycles. The van der Waals surface area contributed by atoms with Crippen molar-refractivity contribution in [3.8, 4) is 60.1 Å². The molecule has 3 aromatic rings. The first-order chi connectivity index (χ1) is 25.5. The van der Waals surface area contributed by atoms with Gasteiger partial charge in [-0.05, 0) is 35.4 Å². The number of allylic oxidation sites excluding steroid dienone is 8. The molecule has 0 radical (unpaired) electrons. The van der Waals surface area contributed by atoms with Gasteiger partial charge in [0.2, 0.25) is 0 Å². The van der Waals surface area contributed by atoms with Crippen LogP contribution in [-0.4, -0.2) is 12.7 Å². The average Bonchev–Trinajstić information content (AvgIpc) is 3.65. The van der Waals surface area contributed by atoms with Crippen LogP contribution in [0.4, 0.5) is 35.1 Å². The van der Waals surface area contributed by atoms with Gasteiger partial charge in [0.1, 0.15) is 82.8 Å². The van der Waals surface area contributed by atoms with Gasteiger partial charge >= 0.3 is 12.7 Å². The van der Waals surface area contributed by atoms with Crippen LogP contribution in [0.25, 0.3) is 33.4 Å². The van der Waals surface area contributed by atoms with E-state index in [1.807, 2.05) is 0 Å². The smallest absolute Gasteiger partial charge is 0.404 e. The van der Waals surface area contributed by atoms with Gasteiger partial charge in [0.25, 0.3) is 0 Å². The Morgan fingerprint density at radius 2 is 0.815 bits per heavy atom. The first-order valence-electron chi connectivity index (χ1n) is 14.1. The topological polar surface area (TPSA) is 209 Å². The van der Waals surface area contributed by atoms with E-state index in [2.05, 4.69) is 9.47 Å². The molecule has 2 aliphatic rings. The summed E-state index contributed by atoms with van der Waals surface area (Å²) in [5.41, 5.74) is -13.6. The van der Waals surface area contributed by atoms with Crippen LogP contribution in [0.15, 0.2) is 47.5 Å². The summed E-state index contributed by atoms with van der Waals surface area (Å²) in [5.74, 6) is -5.62. The van der Waals surface area contributed by atoms with Crippen LogP contribution in [0, 0.1) is 102 Å². The largest absolute Gasteiger partial charge is 0.573 e. The highest BCUT2D eigenvalue weighted by molar-refractivity contribution is 6.30. The molecule has 0 spiro atoms. The summed E-state index contributed by atoms with van der Waals surface area (Å²) >= 11 is 0. The van der Waals surface area contributed by atoms with Gasteiger partial charge in [-0.2, -0.15) is 42.1 Å². The summed E-state index contributed by atoms with van der Waals surface area (Å²) in [4.78, 5) is 0.